The molecule has 0 amide bonds. The average Bonchev–Trinajstić information content (AvgIpc) is 2.88. The largest absolute Gasteiger partial charge is 0.271 e. The summed E-state index contributed by atoms with van der Waals surface area (Å²) < 4.78 is 41.8. The lowest BCUT2D eigenvalue weighted by Gasteiger charge is -2.19. The van der Waals surface area contributed by atoms with Crippen molar-refractivity contribution in [3.05, 3.63) is 53.1 Å². The fourth-order valence-corrected chi connectivity index (χ4v) is 2.09. The number of halogens is 3. The first-order valence-corrected chi connectivity index (χ1v) is 6.21. The van der Waals surface area contributed by atoms with Gasteiger partial charge in [0.05, 0.1) is 11.7 Å². The van der Waals surface area contributed by atoms with Crippen molar-refractivity contribution >= 4 is 0 Å². The zero-order valence-electron chi connectivity index (χ0n) is 10.9. The molecular formula is C13H15F3N4. The Bertz CT molecular complexity index is 597. The lowest BCUT2D eigenvalue weighted by molar-refractivity contribution is 0.428. The standard InChI is InChI=1S/C13H15F3N4/c1-2-7-20-10(5-6-18-20)13(19-17)8-3-4-9(14)12(16)11(8)15/h3-6,13,19H,2,7,17H2,1H3. The Hall–Kier alpha value is -1.86. The van der Waals surface area contributed by atoms with Gasteiger partial charge in [-0.05, 0) is 18.6 Å². The number of hydrogen-bond donors (Lipinski definition) is 2. The van der Waals surface area contributed by atoms with Crippen LogP contribution in [-0.4, -0.2) is 9.78 Å². The monoisotopic (exact) mass is 284 g/mol. The number of benzene rings is 1. The van der Waals surface area contributed by atoms with Crippen molar-refractivity contribution in [3.8, 4) is 0 Å². The number of nitrogens with two attached hydrogens (primary N) is 1. The van der Waals surface area contributed by atoms with Crippen LogP contribution >= 0.6 is 0 Å². The number of hydrazine groups is 1. The van der Waals surface area contributed by atoms with Crippen molar-refractivity contribution < 1.29 is 13.2 Å². The molecule has 0 spiro atoms. The predicted octanol–water partition coefficient (Wildman–Crippen LogP) is 2.26. The summed E-state index contributed by atoms with van der Waals surface area (Å²) in [6.07, 6.45) is 2.37. The molecule has 0 bridgehead atoms. The zero-order valence-corrected chi connectivity index (χ0v) is 10.9. The van der Waals surface area contributed by atoms with Gasteiger partial charge in [0.1, 0.15) is 0 Å². The molecule has 1 aromatic heterocycles. The Balaban J connectivity index is 2.47. The molecule has 0 fully saturated rings. The highest BCUT2D eigenvalue weighted by atomic mass is 19.2. The second kappa shape index (κ2) is 6.06. The Labute approximate surface area is 114 Å². The average molecular weight is 284 g/mol. The summed E-state index contributed by atoms with van der Waals surface area (Å²) in [6.45, 7) is 2.58. The molecule has 3 N–H and O–H groups in total. The summed E-state index contributed by atoms with van der Waals surface area (Å²) >= 11 is 0. The Morgan fingerprint density at radius 3 is 2.65 bits per heavy atom. The van der Waals surface area contributed by atoms with Crippen molar-refractivity contribution in [1.82, 2.24) is 15.2 Å². The highest BCUT2D eigenvalue weighted by Gasteiger charge is 2.23. The van der Waals surface area contributed by atoms with E-state index in [0.717, 1.165) is 12.5 Å². The second-order valence-electron chi connectivity index (χ2n) is 4.34. The molecular weight excluding hydrogens is 269 g/mol. The summed E-state index contributed by atoms with van der Waals surface area (Å²) in [5.41, 5.74) is 2.93. The van der Waals surface area contributed by atoms with E-state index >= 15 is 0 Å². The van der Waals surface area contributed by atoms with Gasteiger partial charge < -0.3 is 0 Å². The summed E-state index contributed by atoms with van der Waals surface area (Å²) in [7, 11) is 0. The molecule has 1 atom stereocenters. The van der Waals surface area contributed by atoms with E-state index in [1.54, 1.807) is 16.9 Å². The third-order valence-corrected chi connectivity index (χ3v) is 3.02. The van der Waals surface area contributed by atoms with Crippen LogP contribution in [0.25, 0.3) is 0 Å². The summed E-state index contributed by atoms with van der Waals surface area (Å²) in [4.78, 5) is 0. The number of rotatable bonds is 5. The molecule has 20 heavy (non-hydrogen) atoms. The van der Waals surface area contributed by atoms with Gasteiger partial charge >= 0.3 is 0 Å². The van der Waals surface area contributed by atoms with E-state index in [1.807, 2.05) is 6.92 Å². The van der Waals surface area contributed by atoms with Gasteiger partial charge in [-0.15, -0.1) is 0 Å². The smallest absolute Gasteiger partial charge is 0.194 e. The van der Waals surface area contributed by atoms with Gasteiger partial charge in [-0.2, -0.15) is 5.10 Å². The summed E-state index contributed by atoms with van der Waals surface area (Å²) in [5, 5.41) is 4.10. The third kappa shape index (κ3) is 2.54. The first-order chi connectivity index (χ1) is 9.60. The summed E-state index contributed by atoms with van der Waals surface area (Å²) in [6, 6.07) is 2.89. The van der Waals surface area contributed by atoms with Crippen LogP contribution in [0.3, 0.4) is 0 Å². The number of hydrogen-bond acceptors (Lipinski definition) is 3. The molecule has 7 heteroatoms. The molecule has 0 aliphatic carbocycles. The Morgan fingerprint density at radius 1 is 1.25 bits per heavy atom. The molecule has 2 aromatic rings. The summed E-state index contributed by atoms with van der Waals surface area (Å²) in [5.74, 6) is 1.45. The van der Waals surface area contributed by atoms with E-state index in [4.69, 9.17) is 5.84 Å². The van der Waals surface area contributed by atoms with Crippen LogP contribution < -0.4 is 11.3 Å². The normalized spacial score (nSPS) is 12.7. The van der Waals surface area contributed by atoms with E-state index < -0.39 is 23.5 Å². The molecule has 1 aromatic carbocycles. The number of aromatic nitrogens is 2. The van der Waals surface area contributed by atoms with Crippen LogP contribution in [-0.2, 0) is 6.54 Å². The number of aryl methyl sites for hydroxylation is 1. The number of nitrogens with zero attached hydrogens (tertiary/aromatic N) is 2. The molecule has 0 aliphatic heterocycles. The molecule has 0 saturated heterocycles. The van der Waals surface area contributed by atoms with Crippen LogP contribution in [0.15, 0.2) is 24.4 Å². The van der Waals surface area contributed by atoms with Crippen molar-refractivity contribution in [1.29, 1.82) is 0 Å². The van der Waals surface area contributed by atoms with Crippen molar-refractivity contribution in [2.45, 2.75) is 25.9 Å². The maximum atomic E-state index is 13.9. The maximum Gasteiger partial charge on any atom is 0.194 e. The van der Waals surface area contributed by atoms with E-state index in [9.17, 15) is 13.2 Å². The molecule has 0 saturated carbocycles. The minimum absolute atomic E-state index is 0.0655. The molecule has 1 heterocycles. The first kappa shape index (κ1) is 14.5. The van der Waals surface area contributed by atoms with E-state index in [2.05, 4.69) is 10.5 Å². The third-order valence-electron chi connectivity index (χ3n) is 3.02. The van der Waals surface area contributed by atoms with Gasteiger partial charge in [0, 0.05) is 18.3 Å². The van der Waals surface area contributed by atoms with Gasteiger partial charge in [0.2, 0.25) is 0 Å². The minimum atomic E-state index is -1.51. The van der Waals surface area contributed by atoms with Crippen LogP contribution in [0.4, 0.5) is 13.2 Å². The molecule has 4 nitrogen and oxygen atoms in total. The fraction of sp³-hybridized carbons (Fsp3) is 0.308. The quantitative estimate of drug-likeness (QED) is 0.503. The van der Waals surface area contributed by atoms with Crippen molar-refractivity contribution in [3.63, 3.8) is 0 Å². The van der Waals surface area contributed by atoms with Gasteiger partial charge in [-0.3, -0.25) is 10.5 Å². The van der Waals surface area contributed by atoms with E-state index in [0.29, 0.717) is 12.2 Å². The van der Waals surface area contributed by atoms with Crippen LogP contribution in [0, 0.1) is 17.5 Å². The SMILES string of the molecule is CCCn1nccc1C(NN)c1ccc(F)c(F)c1F. The molecule has 2 rings (SSSR count). The Morgan fingerprint density at radius 2 is 2.00 bits per heavy atom. The van der Waals surface area contributed by atoms with Crippen molar-refractivity contribution in [2.75, 3.05) is 0 Å². The first-order valence-electron chi connectivity index (χ1n) is 6.21. The zero-order chi connectivity index (χ0) is 14.7. The Kier molecular flexibility index (Phi) is 4.41. The molecule has 0 aliphatic rings. The molecule has 1 unspecified atom stereocenters. The van der Waals surface area contributed by atoms with Crippen LogP contribution in [0.5, 0.6) is 0 Å². The second-order valence-corrected chi connectivity index (χ2v) is 4.34. The van der Waals surface area contributed by atoms with E-state index in [1.165, 1.54) is 6.07 Å². The maximum absolute atomic E-state index is 13.9. The molecule has 108 valence electrons. The van der Waals surface area contributed by atoms with Gasteiger partial charge in [-0.25, -0.2) is 18.6 Å². The lowest BCUT2D eigenvalue weighted by atomic mass is 10.0. The number of nitrogens with one attached hydrogen (secondary N) is 1. The topological polar surface area (TPSA) is 55.9 Å². The van der Waals surface area contributed by atoms with Gasteiger partial charge in [0.25, 0.3) is 0 Å². The van der Waals surface area contributed by atoms with Gasteiger partial charge in [0.15, 0.2) is 17.5 Å². The highest BCUT2D eigenvalue weighted by molar-refractivity contribution is 5.30. The van der Waals surface area contributed by atoms with Crippen molar-refractivity contribution in [2.24, 2.45) is 5.84 Å². The highest BCUT2D eigenvalue weighted by Crippen LogP contribution is 2.26. The lowest BCUT2D eigenvalue weighted by Crippen LogP contribution is -2.31. The minimum Gasteiger partial charge on any atom is -0.271 e. The van der Waals surface area contributed by atoms with E-state index in [-0.39, 0.29) is 5.56 Å². The molecule has 0 radical (unpaired) electrons. The van der Waals surface area contributed by atoms with Gasteiger partial charge in [-0.1, -0.05) is 13.0 Å². The fourth-order valence-electron chi connectivity index (χ4n) is 2.09. The van der Waals surface area contributed by atoms with Crippen LogP contribution in [0.1, 0.15) is 30.6 Å². The predicted molar refractivity (Wildman–Crippen MR) is 68.0 cm³/mol. The van der Waals surface area contributed by atoms with Crippen LogP contribution in [0.2, 0.25) is 0 Å².